The first-order chi connectivity index (χ1) is 8.90. The molecule has 0 saturated heterocycles. The van der Waals surface area contributed by atoms with Crippen LogP contribution in [-0.2, 0) is 0 Å². The highest BCUT2D eigenvalue weighted by molar-refractivity contribution is 5.79. The second kappa shape index (κ2) is 6.47. The molecule has 0 N–H and O–H groups in total. The summed E-state index contributed by atoms with van der Waals surface area (Å²) in [4.78, 5) is 0. The Morgan fingerprint density at radius 1 is 0.944 bits per heavy atom. The minimum atomic E-state index is 0.994. The fraction of sp³-hybridized carbons (Fsp3) is 0.111. The number of hydrogen-bond acceptors (Lipinski definition) is 0. The molecule has 0 unspecified atom stereocenters. The van der Waals surface area contributed by atoms with Crippen LogP contribution < -0.4 is 0 Å². The summed E-state index contributed by atoms with van der Waals surface area (Å²) in [5.74, 6) is 6.47. The normalized spacial score (nSPS) is 10.6. The van der Waals surface area contributed by atoms with Crippen molar-refractivity contribution in [2.24, 2.45) is 0 Å². The predicted octanol–water partition coefficient (Wildman–Crippen LogP) is 4.53. The Morgan fingerprint density at radius 3 is 2.17 bits per heavy atom. The van der Waals surface area contributed by atoms with Gasteiger partial charge in [0.25, 0.3) is 0 Å². The molecule has 0 fully saturated rings. The molecule has 0 heterocycles. The summed E-state index contributed by atoms with van der Waals surface area (Å²) in [5, 5.41) is 0. The topological polar surface area (TPSA) is 0 Å². The van der Waals surface area contributed by atoms with Crippen LogP contribution in [0.25, 0.3) is 5.57 Å². The summed E-state index contributed by atoms with van der Waals surface area (Å²) in [6.45, 7) is 2.13. The summed E-state index contributed by atoms with van der Waals surface area (Å²) in [6, 6.07) is 20.4. The van der Waals surface area contributed by atoms with Crippen LogP contribution in [0.1, 0.15) is 24.5 Å². The van der Waals surface area contributed by atoms with Gasteiger partial charge in [0.15, 0.2) is 0 Å². The molecule has 0 amide bonds. The quantitative estimate of drug-likeness (QED) is 0.667. The van der Waals surface area contributed by atoms with Crippen LogP contribution in [0.5, 0.6) is 0 Å². The number of allylic oxidation sites excluding steroid dienone is 2. The van der Waals surface area contributed by atoms with E-state index >= 15 is 0 Å². The Kier molecular flexibility index (Phi) is 4.39. The van der Waals surface area contributed by atoms with Crippen molar-refractivity contribution in [2.45, 2.75) is 13.3 Å². The molecule has 0 aromatic heterocycles. The van der Waals surface area contributed by atoms with E-state index < -0.39 is 0 Å². The van der Waals surface area contributed by atoms with Gasteiger partial charge in [-0.25, -0.2) is 0 Å². The van der Waals surface area contributed by atoms with E-state index in [1.807, 2.05) is 48.5 Å². The minimum Gasteiger partial charge on any atom is -0.0685 e. The van der Waals surface area contributed by atoms with Gasteiger partial charge in [0.2, 0.25) is 0 Å². The Morgan fingerprint density at radius 2 is 1.56 bits per heavy atom. The summed E-state index contributed by atoms with van der Waals surface area (Å²) >= 11 is 0. The molecule has 2 aromatic carbocycles. The SMILES string of the molecule is CC/C=C(\C#Cc1ccccc1)c1ccccc1. The third-order valence-electron chi connectivity index (χ3n) is 2.61. The zero-order chi connectivity index (χ0) is 12.6. The zero-order valence-corrected chi connectivity index (χ0v) is 10.6. The van der Waals surface area contributed by atoms with Crippen LogP contribution in [0.3, 0.4) is 0 Å². The monoisotopic (exact) mass is 232 g/mol. The average Bonchev–Trinajstić information content (AvgIpc) is 2.45. The Balaban J connectivity index is 2.29. The van der Waals surface area contributed by atoms with Gasteiger partial charge in [0.05, 0.1) is 0 Å². The Labute approximate surface area is 109 Å². The molecular formula is C18H16. The Hall–Kier alpha value is -2.26. The molecule has 0 saturated carbocycles. The lowest BCUT2D eigenvalue weighted by Crippen LogP contribution is -1.81. The van der Waals surface area contributed by atoms with Gasteiger partial charge >= 0.3 is 0 Å². The highest BCUT2D eigenvalue weighted by atomic mass is 14.0. The molecule has 0 bridgehead atoms. The van der Waals surface area contributed by atoms with Crippen molar-refractivity contribution in [1.29, 1.82) is 0 Å². The molecule has 0 aliphatic rings. The molecule has 18 heavy (non-hydrogen) atoms. The minimum absolute atomic E-state index is 0.994. The molecule has 0 nitrogen and oxygen atoms in total. The summed E-state index contributed by atoms with van der Waals surface area (Å²) in [5.41, 5.74) is 3.33. The molecule has 0 radical (unpaired) electrons. The van der Waals surface area contributed by atoms with Crippen molar-refractivity contribution in [3.05, 3.63) is 77.9 Å². The van der Waals surface area contributed by atoms with Crippen molar-refractivity contribution in [3.8, 4) is 11.8 Å². The third-order valence-corrected chi connectivity index (χ3v) is 2.61. The van der Waals surface area contributed by atoms with Gasteiger partial charge in [0.1, 0.15) is 0 Å². The number of hydrogen-bond donors (Lipinski definition) is 0. The van der Waals surface area contributed by atoms with E-state index in [0.29, 0.717) is 0 Å². The first-order valence-corrected chi connectivity index (χ1v) is 6.23. The molecule has 88 valence electrons. The van der Waals surface area contributed by atoms with E-state index in [0.717, 1.165) is 17.6 Å². The maximum atomic E-state index is 3.26. The molecule has 0 spiro atoms. The van der Waals surface area contributed by atoms with Crippen LogP contribution in [0.4, 0.5) is 0 Å². The van der Waals surface area contributed by atoms with Crippen molar-refractivity contribution >= 4 is 5.57 Å². The van der Waals surface area contributed by atoms with Crippen LogP contribution in [0.2, 0.25) is 0 Å². The smallest absolute Gasteiger partial charge is 0.0281 e. The van der Waals surface area contributed by atoms with Gasteiger partial charge in [-0.1, -0.05) is 73.4 Å². The molecule has 0 aliphatic heterocycles. The van der Waals surface area contributed by atoms with E-state index in [4.69, 9.17) is 0 Å². The fourth-order valence-electron chi connectivity index (χ4n) is 1.72. The van der Waals surface area contributed by atoms with Crippen LogP contribution in [0, 0.1) is 11.8 Å². The molecule has 0 heteroatoms. The predicted molar refractivity (Wildman–Crippen MR) is 78.0 cm³/mol. The maximum Gasteiger partial charge on any atom is 0.0281 e. The lowest BCUT2D eigenvalue weighted by Gasteiger charge is -1.99. The summed E-state index contributed by atoms with van der Waals surface area (Å²) in [6.07, 6.45) is 3.17. The lowest BCUT2D eigenvalue weighted by atomic mass is 10.0. The van der Waals surface area contributed by atoms with Crippen LogP contribution in [-0.4, -0.2) is 0 Å². The highest BCUT2D eigenvalue weighted by Crippen LogP contribution is 2.13. The maximum absolute atomic E-state index is 3.26. The first-order valence-electron chi connectivity index (χ1n) is 6.23. The second-order valence-electron chi connectivity index (χ2n) is 4.01. The van der Waals surface area contributed by atoms with Crippen molar-refractivity contribution in [1.82, 2.24) is 0 Å². The van der Waals surface area contributed by atoms with Gasteiger partial charge in [0, 0.05) is 11.1 Å². The van der Waals surface area contributed by atoms with Crippen molar-refractivity contribution < 1.29 is 0 Å². The number of rotatable bonds is 2. The summed E-state index contributed by atoms with van der Waals surface area (Å²) < 4.78 is 0. The number of benzene rings is 2. The van der Waals surface area contributed by atoms with Gasteiger partial charge in [-0.2, -0.15) is 0 Å². The van der Waals surface area contributed by atoms with E-state index in [2.05, 4.69) is 37.0 Å². The van der Waals surface area contributed by atoms with Crippen LogP contribution >= 0.6 is 0 Å². The van der Waals surface area contributed by atoms with E-state index in [-0.39, 0.29) is 0 Å². The lowest BCUT2D eigenvalue weighted by molar-refractivity contribution is 1.23. The standard InChI is InChI=1S/C18H16/c1-2-9-17(18-12-7-4-8-13-18)15-14-16-10-5-3-6-11-16/h3-13H,2H2,1H3/b17-9+. The van der Waals surface area contributed by atoms with Gasteiger partial charge in [-0.3, -0.25) is 0 Å². The second-order valence-corrected chi connectivity index (χ2v) is 4.01. The Bertz CT molecular complexity index is 566. The van der Waals surface area contributed by atoms with E-state index in [1.165, 1.54) is 5.56 Å². The van der Waals surface area contributed by atoms with Crippen molar-refractivity contribution in [2.75, 3.05) is 0 Å². The van der Waals surface area contributed by atoms with Gasteiger partial charge < -0.3 is 0 Å². The molecule has 0 atom stereocenters. The third kappa shape index (κ3) is 3.37. The summed E-state index contributed by atoms with van der Waals surface area (Å²) in [7, 11) is 0. The molecular weight excluding hydrogens is 216 g/mol. The van der Waals surface area contributed by atoms with Crippen molar-refractivity contribution in [3.63, 3.8) is 0 Å². The molecule has 2 aromatic rings. The fourth-order valence-corrected chi connectivity index (χ4v) is 1.72. The van der Waals surface area contributed by atoms with Gasteiger partial charge in [-0.15, -0.1) is 0 Å². The first kappa shape index (κ1) is 12.2. The highest BCUT2D eigenvalue weighted by Gasteiger charge is 1.95. The van der Waals surface area contributed by atoms with E-state index in [9.17, 15) is 0 Å². The van der Waals surface area contributed by atoms with Gasteiger partial charge in [-0.05, 0) is 24.1 Å². The van der Waals surface area contributed by atoms with E-state index in [1.54, 1.807) is 0 Å². The largest absolute Gasteiger partial charge is 0.0685 e. The zero-order valence-electron chi connectivity index (χ0n) is 10.6. The van der Waals surface area contributed by atoms with Crippen LogP contribution in [0.15, 0.2) is 66.7 Å². The molecule has 2 rings (SSSR count). The average molecular weight is 232 g/mol. The molecule has 0 aliphatic carbocycles.